The molecule has 1 N–H and O–H groups in total. The van der Waals surface area contributed by atoms with Gasteiger partial charge < -0.3 is 10.2 Å². The predicted octanol–water partition coefficient (Wildman–Crippen LogP) is 0.770. The van der Waals surface area contributed by atoms with Crippen molar-refractivity contribution in [2.45, 2.75) is 38.1 Å². The second-order valence-corrected chi connectivity index (χ2v) is 6.50. The van der Waals surface area contributed by atoms with E-state index in [1.54, 1.807) is 9.80 Å². The Morgan fingerprint density at radius 3 is 2.95 bits per heavy atom. The number of hydrogen-bond donors (Lipinski definition) is 1. The maximum atomic E-state index is 11.9. The van der Waals surface area contributed by atoms with E-state index >= 15 is 0 Å². The van der Waals surface area contributed by atoms with Gasteiger partial charge in [0.1, 0.15) is 0 Å². The van der Waals surface area contributed by atoms with E-state index in [4.69, 9.17) is 0 Å². The molecule has 0 radical (unpaired) electrons. The molecule has 114 valence electrons. The number of likely N-dealkylation sites (N-methyl/N-ethyl adjacent to an activating group) is 1. The molecular weight excluding hydrogens is 290 g/mol. The van der Waals surface area contributed by atoms with Gasteiger partial charge in [-0.1, -0.05) is 11.3 Å². The quantitative estimate of drug-likeness (QED) is 0.869. The molecule has 0 aromatic carbocycles. The van der Waals surface area contributed by atoms with Crippen LogP contribution in [0.3, 0.4) is 0 Å². The van der Waals surface area contributed by atoms with Crippen molar-refractivity contribution in [2.24, 2.45) is 0 Å². The molecule has 2 amide bonds. The van der Waals surface area contributed by atoms with E-state index in [1.807, 2.05) is 7.05 Å². The largest absolute Gasteiger partial charge is 0.352 e. The molecule has 1 aromatic rings. The van der Waals surface area contributed by atoms with Crippen molar-refractivity contribution >= 4 is 33.4 Å². The number of piperidine rings is 1. The number of carbonyl (C=O) groups is 2. The molecule has 1 aromatic heterocycles. The minimum Gasteiger partial charge on any atom is -0.352 e. The van der Waals surface area contributed by atoms with Gasteiger partial charge in [0.2, 0.25) is 22.1 Å². The third kappa shape index (κ3) is 3.49. The van der Waals surface area contributed by atoms with Crippen molar-refractivity contribution in [3.05, 3.63) is 0 Å². The van der Waals surface area contributed by atoms with E-state index in [-0.39, 0.29) is 18.4 Å². The van der Waals surface area contributed by atoms with Crippen molar-refractivity contribution in [1.29, 1.82) is 0 Å². The SMILES string of the molecule is CN(CC(=O)NC1CC1)c1nnc(N2CCCCC2=O)s1. The Labute approximate surface area is 127 Å². The monoisotopic (exact) mass is 309 g/mol. The Morgan fingerprint density at radius 1 is 1.43 bits per heavy atom. The van der Waals surface area contributed by atoms with Crippen LogP contribution in [0.1, 0.15) is 32.1 Å². The summed E-state index contributed by atoms with van der Waals surface area (Å²) >= 11 is 1.36. The zero-order valence-corrected chi connectivity index (χ0v) is 12.9. The predicted molar refractivity (Wildman–Crippen MR) is 80.5 cm³/mol. The summed E-state index contributed by atoms with van der Waals surface area (Å²) in [5.41, 5.74) is 0. The zero-order chi connectivity index (χ0) is 14.8. The van der Waals surface area contributed by atoms with Gasteiger partial charge in [-0.05, 0) is 25.7 Å². The van der Waals surface area contributed by atoms with Gasteiger partial charge in [0, 0.05) is 26.1 Å². The molecule has 0 unspecified atom stereocenters. The lowest BCUT2D eigenvalue weighted by Crippen LogP contribution is -2.36. The number of anilines is 2. The average molecular weight is 309 g/mol. The Hall–Kier alpha value is -1.70. The van der Waals surface area contributed by atoms with Crippen molar-refractivity contribution in [3.63, 3.8) is 0 Å². The molecule has 1 saturated carbocycles. The molecule has 2 fully saturated rings. The fraction of sp³-hybridized carbons (Fsp3) is 0.692. The second kappa shape index (κ2) is 5.97. The Bertz CT molecular complexity index is 542. The van der Waals surface area contributed by atoms with Crippen LogP contribution in [0.15, 0.2) is 0 Å². The van der Waals surface area contributed by atoms with Gasteiger partial charge in [-0.15, -0.1) is 10.2 Å². The van der Waals surface area contributed by atoms with E-state index < -0.39 is 0 Å². The molecule has 2 heterocycles. The standard InChI is InChI=1S/C13H19N5O2S/c1-17(8-10(19)14-9-5-6-9)12-15-16-13(21-12)18-7-3-2-4-11(18)20/h9H,2-8H2,1H3,(H,14,19). The van der Waals surface area contributed by atoms with Crippen molar-refractivity contribution in [1.82, 2.24) is 15.5 Å². The van der Waals surface area contributed by atoms with Crippen LogP contribution in [0.25, 0.3) is 0 Å². The minimum atomic E-state index is 0.00537. The van der Waals surface area contributed by atoms with Gasteiger partial charge in [0.05, 0.1) is 6.54 Å². The van der Waals surface area contributed by atoms with Crippen LogP contribution in [0.4, 0.5) is 10.3 Å². The van der Waals surface area contributed by atoms with E-state index in [2.05, 4.69) is 15.5 Å². The van der Waals surface area contributed by atoms with E-state index in [0.29, 0.717) is 29.3 Å². The molecule has 21 heavy (non-hydrogen) atoms. The normalized spacial score (nSPS) is 18.7. The number of aromatic nitrogens is 2. The highest BCUT2D eigenvalue weighted by atomic mass is 32.1. The highest BCUT2D eigenvalue weighted by Gasteiger charge is 2.26. The molecular formula is C13H19N5O2S. The van der Waals surface area contributed by atoms with Crippen LogP contribution in [0.2, 0.25) is 0 Å². The van der Waals surface area contributed by atoms with Gasteiger partial charge in [-0.25, -0.2) is 0 Å². The number of carbonyl (C=O) groups excluding carboxylic acids is 2. The van der Waals surface area contributed by atoms with Crippen LogP contribution in [-0.4, -0.2) is 48.2 Å². The lowest BCUT2D eigenvalue weighted by Gasteiger charge is -2.23. The Kier molecular flexibility index (Phi) is 4.05. The highest BCUT2D eigenvalue weighted by molar-refractivity contribution is 7.19. The number of hydrogen-bond acceptors (Lipinski definition) is 6. The maximum absolute atomic E-state index is 11.9. The molecule has 1 aliphatic heterocycles. The first-order valence-electron chi connectivity index (χ1n) is 7.28. The summed E-state index contributed by atoms with van der Waals surface area (Å²) in [6.45, 7) is 0.971. The zero-order valence-electron chi connectivity index (χ0n) is 12.0. The minimum absolute atomic E-state index is 0.00537. The molecule has 8 heteroatoms. The van der Waals surface area contributed by atoms with Crippen LogP contribution in [0.5, 0.6) is 0 Å². The number of amides is 2. The summed E-state index contributed by atoms with van der Waals surface area (Å²) < 4.78 is 0. The lowest BCUT2D eigenvalue weighted by molar-refractivity contribution is -0.120. The van der Waals surface area contributed by atoms with E-state index in [0.717, 1.165) is 25.7 Å². The number of rotatable bonds is 5. The summed E-state index contributed by atoms with van der Waals surface area (Å²) in [4.78, 5) is 27.1. The third-order valence-electron chi connectivity index (χ3n) is 3.61. The van der Waals surface area contributed by atoms with Crippen LogP contribution >= 0.6 is 11.3 Å². The van der Waals surface area contributed by atoms with Crippen LogP contribution in [0, 0.1) is 0 Å². The molecule has 3 rings (SSSR count). The third-order valence-corrected chi connectivity index (χ3v) is 4.67. The summed E-state index contributed by atoms with van der Waals surface area (Å²) in [7, 11) is 1.81. The molecule has 2 aliphatic rings. The van der Waals surface area contributed by atoms with Gasteiger partial charge in [0.15, 0.2) is 0 Å². The molecule has 0 spiro atoms. The van der Waals surface area contributed by atoms with Crippen molar-refractivity contribution < 1.29 is 9.59 Å². The van der Waals surface area contributed by atoms with E-state index in [1.165, 1.54) is 11.3 Å². The Morgan fingerprint density at radius 2 is 2.24 bits per heavy atom. The van der Waals surface area contributed by atoms with Crippen molar-refractivity contribution in [3.8, 4) is 0 Å². The fourth-order valence-electron chi connectivity index (χ4n) is 2.26. The molecule has 1 aliphatic carbocycles. The highest BCUT2D eigenvalue weighted by Crippen LogP contribution is 2.28. The van der Waals surface area contributed by atoms with Crippen LogP contribution in [-0.2, 0) is 9.59 Å². The van der Waals surface area contributed by atoms with Gasteiger partial charge in [0.25, 0.3) is 0 Å². The maximum Gasteiger partial charge on any atom is 0.239 e. The van der Waals surface area contributed by atoms with Gasteiger partial charge >= 0.3 is 0 Å². The molecule has 0 bridgehead atoms. The summed E-state index contributed by atoms with van der Waals surface area (Å²) in [6, 6.07) is 0.363. The Balaban J connectivity index is 1.60. The first-order valence-corrected chi connectivity index (χ1v) is 8.09. The molecule has 1 saturated heterocycles. The first kappa shape index (κ1) is 14.2. The second-order valence-electron chi connectivity index (χ2n) is 5.57. The average Bonchev–Trinajstić information content (AvgIpc) is 3.12. The van der Waals surface area contributed by atoms with Gasteiger partial charge in [-0.2, -0.15) is 0 Å². The first-order chi connectivity index (χ1) is 10.1. The van der Waals surface area contributed by atoms with Crippen LogP contribution < -0.4 is 15.1 Å². The molecule has 7 nitrogen and oxygen atoms in total. The smallest absolute Gasteiger partial charge is 0.239 e. The number of nitrogens with one attached hydrogen (secondary N) is 1. The summed E-state index contributed by atoms with van der Waals surface area (Å²) in [5, 5.41) is 12.4. The van der Waals surface area contributed by atoms with E-state index in [9.17, 15) is 9.59 Å². The topological polar surface area (TPSA) is 78.4 Å². The molecule has 0 atom stereocenters. The fourth-order valence-corrected chi connectivity index (χ4v) is 3.11. The number of nitrogens with zero attached hydrogens (tertiary/aromatic N) is 4. The van der Waals surface area contributed by atoms with Crippen molar-refractivity contribution in [2.75, 3.05) is 29.9 Å². The van der Waals surface area contributed by atoms with Gasteiger partial charge in [-0.3, -0.25) is 14.5 Å². The lowest BCUT2D eigenvalue weighted by atomic mass is 10.1. The summed E-state index contributed by atoms with van der Waals surface area (Å²) in [6.07, 6.45) is 4.68. The summed E-state index contributed by atoms with van der Waals surface area (Å²) in [5.74, 6) is 0.115.